The van der Waals surface area contributed by atoms with Gasteiger partial charge >= 0.3 is 5.97 Å². The van der Waals surface area contributed by atoms with E-state index in [1.165, 1.54) is 0 Å². The first kappa shape index (κ1) is 12.6. The fourth-order valence-corrected chi connectivity index (χ4v) is 2.07. The van der Waals surface area contributed by atoms with Crippen molar-refractivity contribution in [1.29, 1.82) is 0 Å². The predicted octanol–water partition coefficient (Wildman–Crippen LogP) is -1.20. The SMILES string of the molecule is C[Si](C)(C)OC1OC(=O)C(O)C(O)C1O. The Morgan fingerprint density at radius 1 is 1.20 bits per heavy atom. The molecule has 1 saturated heterocycles. The lowest BCUT2D eigenvalue weighted by Gasteiger charge is -2.36. The molecule has 1 aliphatic rings. The fraction of sp³-hybridized carbons (Fsp3) is 0.875. The van der Waals surface area contributed by atoms with E-state index in [2.05, 4.69) is 4.74 Å². The van der Waals surface area contributed by atoms with Crippen LogP contribution in [0.25, 0.3) is 0 Å². The minimum Gasteiger partial charge on any atom is -0.432 e. The van der Waals surface area contributed by atoms with Gasteiger partial charge in [-0.1, -0.05) is 0 Å². The second-order valence-corrected chi connectivity index (χ2v) is 8.92. The standard InChI is InChI=1S/C8H16O6Si/c1-15(2,3)14-8-6(11)4(9)5(10)7(12)13-8/h4-6,8-11H,1-3H3. The third kappa shape index (κ3) is 2.99. The number of cyclic esters (lactones) is 1. The van der Waals surface area contributed by atoms with Crippen molar-refractivity contribution >= 4 is 14.3 Å². The van der Waals surface area contributed by atoms with Crippen molar-refractivity contribution < 1.29 is 29.3 Å². The molecule has 4 unspecified atom stereocenters. The summed E-state index contributed by atoms with van der Waals surface area (Å²) in [5.41, 5.74) is 0. The molecule has 88 valence electrons. The number of hydrogen-bond donors (Lipinski definition) is 3. The van der Waals surface area contributed by atoms with E-state index >= 15 is 0 Å². The van der Waals surface area contributed by atoms with Gasteiger partial charge in [-0.05, 0) is 19.6 Å². The molecule has 1 aliphatic heterocycles. The molecule has 7 heteroatoms. The third-order valence-corrected chi connectivity index (χ3v) is 2.84. The molecule has 1 heterocycles. The van der Waals surface area contributed by atoms with E-state index in [1.807, 2.05) is 19.6 Å². The highest BCUT2D eigenvalue weighted by Crippen LogP contribution is 2.20. The van der Waals surface area contributed by atoms with E-state index in [-0.39, 0.29) is 0 Å². The molecule has 6 nitrogen and oxygen atoms in total. The molecule has 0 aromatic rings. The highest BCUT2D eigenvalue weighted by molar-refractivity contribution is 6.69. The zero-order valence-corrected chi connectivity index (χ0v) is 9.88. The molecule has 0 bridgehead atoms. The van der Waals surface area contributed by atoms with Gasteiger partial charge in [0.05, 0.1) is 0 Å². The van der Waals surface area contributed by atoms with Crippen LogP contribution in [0.3, 0.4) is 0 Å². The molecule has 1 rings (SSSR count). The Morgan fingerprint density at radius 2 is 1.73 bits per heavy atom. The van der Waals surface area contributed by atoms with Gasteiger partial charge in [0.2, 0.25) is 6.29 Å². The lowest BCUT2D eigenvalue weighted by molar-refractivity contribution is -0.236. The third-order valence-electron chi connectivity index (χ3n) is 1.90. The zero-order chi connectivity index (χ0) is 11.8. The van der Waals surface area contributed by atoms with Gasteiger partial charge in [-0.25, -0.2) is 4.79 Å². The van der Waals surface area contributed by atoms with E-state index in [4.69, 9.17) is 9.53 Å². The predicted molar refractivity (Wildman–Crippen MR) is 52.3 cm³/mol. The summed E-state index contributed by atoms with van der Waals surface area (Å²) in [5.74, 6) is -0.976. The Balaban J connectivity index is 2.71. The summed E-state index contributed by atoms with van der Waals surface area (Å²) in [6.07, 6.45) is -5.87. The maximum absolute atomic E-state index is 11.0. The molecule has 0 aliphatic carbocycles. The molecule has 0 aromatic carbocycles. The average Bonchev–Trinajstić information content (AvgIpc) is 2.08. The Hall–Kier alpha value is -0.473. The van der Waals surface area contributed by atoms with Crippen LogP contribution in [0.2, 0.25) is 19.6 Å². The number of carbonyl (C=O) groups is 1. The van der Waals surface area contributed by atoms with E-state index < -0.39 is 38.9 Å². The van der Waals surface area contributed by atoms with Crippen molar-refractivity contribution in [2.75, 3.05) is 0 Å². The number of carbonyl (C=O) groups excluding carboxylic acids is 1. The molecular weight excluding hydrogens is 220 g/mol. The average molecular weight is 236 g/mol. The van der Waals surface area contributed by atoms with Gasteiger partial charge in [-0.3, -0.25) is 0 Å². The number of aliphatic hydroxyl groups excluding tert-OH is 3. The molecule has 1 fully saturated rings. The first-order chi connectivity index (χ1) is 6.72. The highest BCUT2D eigenvalue weighted by Gasteiger charge is 2.45. The first-order valence-electron chi connectivity index (χ1n) is 4.65. The molecular formula is C8H16O6Si. The Labute approximate surface area is 88.6 Å². The number of ether oxygens (including phenoxy) is 1. The Kier molecular flexibility index (Phi) is 3.51. The van der Waals surface area contributed by atoms with Gasteiger partial charge in [0.25, 0.3) is 0 Å². The summed E-state index contributed by atoms with van der Waals surface area (Å²) in [7, 11) is -2.00. The van der Waals surface area contributed by atoms with Gasteiger partial charge in [-0.15, -0.1) is 0 Å². The monoisotopic (exact) mass is 236 g/mol. The summed E-state index contributed by atoms with van der Waals surface area (Å²) in [4.78, 5) is 11.0. The van der Waals surface area contributed by atoms with Crippen molar-refractivity contribution in [3.63, 3.8) is 0 Å². The molecule has 0 aromatic heterocycles. The molecule has 15 heavy (non-hydrogen) atoms. The van der Waals surface area contributed by atoms with Crippen molar-refractivity contribution in [3.05, 3.63) is 0 Å². The summed E-state index contributed by atoms with van der Waals surface area (Å²) in [6.45, 7) is 5.56. The van der Waals surface area contributed by atoms with Gasteiger partial charge in [0.1, 0.15) is 12.2 Å². The first-order valence-corrected chi connectivity index (χ1v) is 8.06. The van der Waals surface area contributed by atoms with Crippen LogP contribution < -0.4 is 0 Å². The van der Waals surface area contributed by atoms with Crippen LogP contribution in [-0.2, 0) is 14.0 Å². The van der Waals surface area contributed by atoms with Crippen LogP contribution in [0.15, 0.2) is 0 Å². The summed E-state index contributed by atoms with van der Waals surface area (Å²) in [5, 5.41) is 27.9. The number of esters is 1. The van der Waals surface area contributed by atoms with Crippen LogP contribution >= 0.6 is 0 Å². The fourth-order valence-electron chi connectivity index (χ4n) is 1.18. The van der Waals surface area contributed by atoms with Crippen LogP contribution in [0.4, 0.5) is 0 Å². The van der Waals surface area contributed by atoms with E-state index in [0.717, 1.165) is 0 Å². The van der Waals surface area contributed by atoms with E-state index in [1.54, 1.807) is 0 Å². The Morgan fingerprint density at radius 3 is 2.20 bits per heavy atom. The lowest BCUT2D eigenvalue weighted by atomic mass is 10.1. The molecule has 0 saturated carbocycles. The normalized spacial score (nSPS) is 37.6. The van der Waals surface area contributed by atoms with Gasteiger partial charge < -0.3 is 24.5 Å². The Bertz CT molecular complexity index is 250. The minimum atomic E-state index is -2.00. The summed E-state index contributed by atoms with van der Waals surface area (Å²) in [6, 6.07) is 0. The number of aliphatic hydroxyl groups is 3. The van der Waals surface area contributed by atoms with Crippen LogP contribution in [0.5, 0.6) is 0 Å². The van der Waals surface area contributed by atoms with E-state index in [0.29, 0.717) is 0 Å². The molecule has 0 radical (unpaired) electrons. The topological polar surface area (TPSA) is 96.2 Å². The largest absolute Gasteiger partial charge is 0.432 e. The highest BCUT2D eigenvalue weighted by atomic mass is 28.4. The maximum atomic E-state index is 11.0. The quantitative estimate of drug-likeness (QED) is 0.412. The molecule has 3 N–H and O–H groups in total. The van der Waals surface area contributed by atoms with Crippen LogP contribution in [0, 0.1) is 0 Å². The number of rotatable bonds is 2. The van der Waals surface area contributed by atoms with Crippen molar-refractivity contribution in [3.8, 4) is 0 Å². The van der Waals surface area contributed by atoms with Crippen molar-refractivity contribution in [1.82, 2.24) is 0 Å². The van der Waals surface area contributed by atoms with Gasteiger partial charge in [0.15, 0.2) is 14.4 Å². The van der Waals surface area contributed by atoms with Gasteiger partial charge in [0, 0.05) is 0 Å². The lowest BCUT2D eigenvalue weighted by Crippen LogP contribution is -2.58. The molecule has 0 amide bonds. The number of hydrogen-bond acceptors (Lipinski definition) is 6. The van der Waals surface area contributed by atoms with Crippen LogP contribution in [0.1, 0.15) is 0 Å². The second kappa shape index (κ2) is 4.18. The van der Waals surface area contributed by atoms with E-state index in [9.17, 15) is 15.0 Å². The zero-order valence-electron chi connectivity index (χ0n) is 8.88. The smallest absolute Gasteiger partial charge is 0.340 e. The molecule has 4 atom stereocenters. The van der Waals surface area contributed by atoms with Crippen LogP contribution in [-0.4, -0.2) is 54.2 Å². The summed E-state index contributed by atoms with van der Waals surface area (Å²) >= 11 is 0. The minimum absolute atomic E-state index is 0.976. The second-order valence-electron chi connectivity index (χ2n) is 4.46. The van der Waals surface area contributed by atoms with Gasteiger partial charge in [-0.2, -0.15) is 0 Å². The summed E-state index contributed by atoms with van der Waals surface area (Å²) < 4.78 is 10.0. The van der Waals surface area contributed by atoms with Crippen molar-refractivity contribution in [2.45, 2.75) is 44.2 Å². The maximum Gasteiger partial charge on any atom is 0.340 e. The van der Waals surface area contributed by atoms with Crippen molar-refractivity contribution in [2.24, 2.45) is 0 Å². The molecule has 0 spiro atoms.